The second-order valence-electron chi connectivity index (χ2n) is 2.76. The van der Waals surface area contributed by atoms with Crippen LogP contribution in [0.15, 0.2) is 18.3 Å². The van der Waals surface area contributed by atoms with Crippen molar-refractivity contribution in [2.24, 2.45) is 5.73 Å². The Hall–Kier alpha value is -2.02. The maximum atomic E-state index is 10.6. The smallest absolute Gasteiger partial charge is 0.325 e. The number of carboxylic acid groups (broad SMARTS) is 1. The number of aliphatic carboxylic acids is 1. The molecule has 1 unspecified atom stereocenters. The van der Waals surface area contributed by atoms with Crippen molar-refractivity contribution >= 4 is 11.6 Å². The first kappa shape index (κ1) is 8.57. The summed E-state index contributed by atoms with van der Waals surface area (Å²) in [4.78, 5) is 10.6. The third-order valence-corrected chi connectivity index (χ3v) is 1.84. The fourth-order valence-electron chi connectivity index (χ4n) is 1.08. The van der Waals surface area contributed by atoms with Gasteiger partial charge in [-0.25, -0.2) is 4.52 Å². The summed E-state index contributed by atoms with van der Waals surface area (Å²) in [6.45, 7) is 0. The SMILES string of the molecule is NC(C(=O)O)c1ccc2nnnn2c1. The van der Waals surface area contributed by atoms with E-state index in [1.54, 1.807) is 12.1 Å². The van der Waals surface area contributed by atoms with E-state index in [0.717, 1.165) is 0 Å². The molecule has 2 heterocycles. The number of aromatic nitrogens is 4. The van der Waals surface area contributed by atoms with E-state index in [1.165, 1.54) is 10.7 Å². The average Bonchev–Trinajstić information content (AvgIpc) is 2.62. The number of carboxylic acids is 1. The lowest BCUT2D eigenvalue weighted by atomic mass is 10.1. The predicted octanol–water partition coefficient (Wildman–Crippen LogP) is -0.791. The van der Waals surface area contributed by atoms with Gasteiger partial charge >= 0.3 is 5.97 Å². The molecule has 0 spiro atoms. The highest BCUT2D eigenvalue weighted by Crippen LogP contribution is 2.10. The van der Waals surface area contributed by atoms with Crippen LogP contribution in [0.25, 0.3) is 5.65 Å². The minimum absolute atomic E-state index is 0.456. The third-order valence-electron chi connectivity index (χ3n) is 1.84. The van der Waals surface area contributed by atoms with Gasteiger partial charge in [-0.15, -0.1) is 5.10 Å². The van der Waals surface area contributed by atoms with Crippen molar-refractivity contribution in [1.82, 2.24) is 20.0 Å². The Morgan fingerprint density at radius 1 is 1.57 bits per heavy atom. The molecule has 0 aromatic carbocycles. The van der Waals surface area contributed by atoms with Crippen LogP contribution in [0.5, 0.6) is 0 Å². The average molecular weight is 193 g/mol. The second kappa shape index (κ2) is 3.04. The van der Waals surface area contributed by atoms with Gasteiger partial charge in [0, 0.05) is 6.20 Å². The van der Waals surface area contributed by atoms with Crippen molar-refractivity contribution in [1.29, 1.82) is 0 Å². The minimum Gasteiger partial charge on any atom is -0.480 e. The summed E-state index contributed by atoms with van der Waals surface area (Å²) in [7, 11) is 0. The molecular formula is C7H7N5O2. The largest absolute Gasteiger partial charge is 0.480 e. The van der Waals surface area contributed by atoms with E-state index in [4.69, 9.17) is 10.8 Å². The lowest BCUT2D eigenvalue weighted by molar-refractivity contribution is -0.138. The van der Waals surface area contributed by atoms with Crippen molar-refractivity contribution in [3.05, 3.63) is 23.9 Å². The van der Waals surface area contributed by atoms with Gasteiger partial charge in [0.25, 0.3) is 0 Å². The first-order valence-electron chi connectivity index (χ1n) is 3.84. The van der Waals surface area contributed by atoms with E-state index in [-0.39, 0.29) is 0 Å². The summed E-state index contributed by atoms with van der Waals surface area (Å²) in [5.41, 5.74) is 6.42. The number of nitrogens with two attached hydrogens (primary N) is 1. The number of hydrogen-bond donors (Lipinski definition) is 2. The summed E-state index contributed by atoms with van der Waals surface area (Å²) in [5, 5.41) is 19.4. The molecule has 0 amide bonds. The van der Waals surface area contributed by atoms with Gasteiger partial charge < -0.3 is 10.8 Å². The molecule has 0 aliphatic heterocycles. The molecule has 7 heteroatoms. The summed E-state index contributed by atoms with van der Waals surface area (Å²) < 4.78 is 1.37. The lowest BCUT2D eigenvalue weighted by Gasteiger charge is -2.05. The van der Waals surface area contributed by atoms with E-state index in [1.807, 2.05) is 0 Å². The van der Waals surface area contributed by atoms with E-state index in [2.05, 4.69) is 15.5 Å². The summed E-state index contributed by atoms with van der Waals surface area (Å²) in [5.74, 6) is -1.09. The highest BCUT2D eigenvalue weighted by molar-refractivity contribution is 5.75. The molecular weight excluding hydrogens is 186 g/mol. The fourth-order valence-corrected chi connectivity index (χ4v) is 1.08. The van der Waals surface area contributed by atoms with Gasteiger partial charge in [0.2, 0.25) is 0 Å². The third kappa shape index (κ3) is 1.29. The van der Waals surface area contributed by atoms with Crippen LogP contribution in [0.1, 0.15) is 11.6 Å². The van der Waals surface area contributed by atoms with Crippen molar-refractivity contribution < 1.29 is 9.90 Å². The molecule has 2 rings (SSSR count). The van der Waals surface area contributed by atoms with Crippen molar-refractivity contribution in [3.8, 4) is 0 Å². The molecule has 1 atom stereocenters. The van der Waals surface area contributed by atoms with Gasteiger partial charge in [0.15, 0.2) is 5.65 Å². The Morgan fingerprint density at radius 2 is 2.36 bits per heavy atom. The molecule has 0 radical (unpaired) electrons. The topological polar surface area (TPSA) is 106 Å². The zero-order chi connectivity index (χ0) is 10.1. The zero-order valence-electron chi connectivity index (χ0n) is 7.03. The maximum Gasteiger partial charge on any atom is 0.325 e. The van der Waals surface area contributed by atoms with Gasteiger partial charge in [-0.05, 0) is 22.1 Å². The number of pyridine rings is 1. The van der Waals surface area contributed by atoms with Gasteiger partial charge in [-0.2, -0.15) is 0 Å². The van der Waals surface area contributed by atoms with Gasteiger partial charge in [0.05, 0.1) is 0 Å². The highest BCUT2D eigenvalue weighted by Gasteiger charge is 2.14. The maximum absolute atomic E-state index is 10.6. The first-order valence-corrected chi connectivity index (χ1v) is 3.84. The predicted molar refractivity (Wildman–Crippen MR) is 45.3 cm³/mol. The number of nitrogens with zero attached hydrogens (tertiary/aromatic N) is 4. The van der Waals surface area contributed by atoms with Gasteiger partial charge in [0.1, 0.15) is 6.04 Å². The number of rotatable bonds is 2. The Kier molecular flexibility index (Phi) is 1.86. The van der Waals surface area contributed by atoms with Crippen LogP contribution in [0.3, 0.4) is 0 Å². The van der Waals surface area contributed by atoms with Crippen molar-refractivity contribution in [2.45, 2.75) is 6.04 Å². The fraction of sp³-hybridized carbons (Fsp3) is 0.143. The molecule has 0 aliphatic carbocycles. The summed E-state index contributed by atoms with van der Waals surface area (Å²) >= 11 is 0. The van der Waals surface area contributed by atoms with E-state index < -0.39 is 12.0 Å². The molecule has 14 heavy (non-hydrogen) atoms. The summed E-state index contributed by atoms with van der Waals surface area (Å²) in [6.07, 6.45) is 1.49. The van der Waals surface area contributed by atoms with Gasteiger partial charge in [-0.3, -0.25) is 4.79 Å². The van der Waals surface area contributed by atoms with Crippen molar-refractivity contribution in [2.75, 3.05) is 0 Å². The standard InChI is InChI=1S/C7H7N5O2/c8-6(7(13)14)4-1-2-5-9-10-11-12(5)3-4/h1-3,6H,8H2,(H,13,14). The van der Waals surface area contributed by atoms with Gasteiger partial charge in [-0.1, -0.05) is 6.07 Å². The number of hydrogen-bond acceptors (Lipinski definition) is 5. The normalized spacial score (nSPS) is 12.9. The quantitative estimate of drug-likeness (QED) is 0.647. The van der Waals surface area contributed by atoms with Crippen LogP contribution in [0.4, 0.5) is 0 Å². The van der Waals surface area contributed by atoms with Crippen LogP contribution < -0.4 is 5.73 Å². The van der Waals surface area contributed by atoms with Crippen LogP contribution in [-0.2, 0) is 4.79 Å². The van der Waals surface area contributed by atoms with E-state index in [0.29, 0.717) is 11.2 Å². The lowest BCUT2D eigenvalue weighted by Crippen LogP contribution is -2.20. The van der Waals surface area contributed by atoms with E-state index in [9.17, 15) is 4.79 Å². The number of fused-ring (bicyclic) bond motifs is 1. The summed E-state index contributed by atoms with van der Waals surface area (Å²) in [6, 6.07) is 2.14. The monoisotopic (exact) mass is 193 g/mol. The molecule has 0 fully saturated rings. The van der Waals surface area contributed by atoms with Crippen LogP contribution in [-0.4, -0.2) is 31.1 Å². The van der Waals surface area contributed by atoms with Crippen molar-refractivity contribution in [3.63, 3.8) is 0 Å². The molecule has 2 aromatic rings. The Morgan fingerprint density at radius 3 is 3.07 bits per heavy atom. The number of carbonyl (C=O) groups is 1. The highest BCUT2D eigenvalue weighted by atomic mass is 16.4. The zero-order valence-corrected chi connectivity index (χ0v) is 7.03. The second-order valence-corrected chi connectivity index (χ2v) is 2.76. The molecule has 3 N–H and O–H groups in total. The van der Waals surface area contributed by atoms with Crippen LogP contribution in [0.2, 0.25) is 0 Å². The molecule has 0 saturated carbocycles. The molecule has 0 saturated heterocycles. The number of tetrazole rings is 1. The van der Waals surface area contributed by atoms with Crippen LogP contribution >= 0.6 is 0 Å². The Balaban J connectivity index is 2.48. The Bertz CT molecular complexity index is 480. The molecule has 2 aromatic heterocycles. The van der Waals surface area contributed by atoms with E-state index >= 15 is 0 Å². The van der Waals surface area contributed by atoms with Crippen LogP contribution in [0, 0.1) is 0 Å². The molecule has 7 nitrogen and oxygen atoms in total. The molecule has 72 valence electrons. The molecule has 0 aliphatic rings. The molecule has 0 bridgehead atoms. The minimum atomic E-state index is -1.09. The first-order chi connectivity index (χ1) is 6.68. The Labute approximate surface area is 78.1 Å².